The van der Waals surface area contributed by atoms with Gasteiger partial charge in [-0.2, -0.15) is 0 Å². The van der Waals surface area contributed by atoms with E-state index >= 15 is 0 Å². The number of phenolic OH excluding ortho intramolecular Hbond substituents is 1. The van der Waals surface area contributed by atoms with Gasteiger partial charge in [-0.15, -0.1) is 0 Å². The number of unbranched alkanes of at least 4 members (excludes halogenated alkanes) is 2. The van der Waals surface area contributed by atoms with Gasteiger partial charge < -0.3 is 35.3 Å². The van der Waals surface area contributed by atoms with Crippen LogP contribution in [0.15, 0.2) is 77.6 Å². The lowest BCUT2D eigenvalue weighted by atomic mass is 9.85. The predicted molar refractivity (Wildman–Crippen MR) is 189 cm³/mol. The van der Waals surface area contributed by atoms with E-state index in [9.17, 15) is 19.8 Å². The molecule has 1 aromatic heterocycles. The van der Waals surface area contributed by atoms with Gasteiger partial charge in [-0.25, -0.2) is 4.79 Å². The van der Waals surface area contributed by atoms with E-state index in [1.54, 1.807) is 12.1 Å². The van der Waals surface area contributed by atoms with Crippen molar-refractivity contribution in [1.29, 1.82) is 0 Å². The van der Waals surface area contributed by atoms with Gasteiger partial charge in [0, 0.05) is 36.3 Å². The first kappa shape index (κ1) is 33.1. The number of aromatic amines is 1. The minimum Gasteiger partial charge on any atom is -0.506 e. The van der Waals surface area contributed by atoms with Crippen LogP contribution in [0.25, 0.3) is 10.9 Å². The smallest absolute Gasteiger partial charge is 0.336 e. The van der Waals surface area contributed by atoms with Crippen molar-refractivity contribution < 1.29 is 24.5 Å². The second kappa shape index (κ2) is 14.6. The van der Waals surface area contributed by atoms with Gasteiger partial charge in [-0.05, 0) is 111 Å². The van der Waals surface area contributed by atoms with Crippen LogP contribution < -0.4 is 20.9 Å². The number of aliphatic hydroxyl groups is 1. The summed E-state index contributed by atoms with van der Waals surface area (Å²) in [6.45, 7) is 4.70. The number of hydrogen-bond acceptors (Lipinski definition) is 9. The van der Waals surface area contributed by atoms with Crippen LogP contribution in [0.3, 0.4) is 0 Å². The van der Waals surface area contributed by atoms with E-state index < -0.39 is 11.6 Å². The van der Waals surface area contributed by atoms with Gasteiger partial charge in [0.05, 0.1) is 18.2 Å². The average molecular weight is 667 g/mol. The first-order valence-electron chi connectivity index (χ1n) is 17.7. The molecule has 8 rings (SSSR count). The molecule has 0 amide bonds. The Morgan fingerprint density at radius 3 is 2.71 bits per heavy atom. The van der Waals surface area contributed by atoms with E-state index in [-0.39, 0.29) is 23.4 Å². The quantitative estimate of drug-likeness (QED) is 0.0931. The number of hydrogen-bond donors (Lipinski definition) is 5. The second-order valence-corrected chi connectivity index (χ2v) is 13.7. The molecule has 5 N–H and O–H groups in total. The van der Waals surface area contributed by atoms with Crippen LogP contribution in [0.2, 0.25) is 0 Å². The van der Waals surface area contributed by atoms with Gasteiger partial charge in [0.1, 0.15) is 17.6 Å². The van der Waals surface area contributed by atoms with Crippen LogP contribution in [-0.4, -0.2) is 71.5 Å². The number of fused-ring (bicyclic) bond motifs is 5. The Hall–Kier alpha value is -4.38. The van der Waals surface area contributed by atoms with Crippen molar-refractivity contribution in [1.82, 2.24) is 15.2 Å². The summed E-state index contributed by atoms with van der Waals surface area (Å²) in [6, 6.07) is 22.2. The van der Waals surface area contributed by atoms with Crippen molar-refractivity contribution in [3.8, 4) is 11.5 Å². The number of carbonyl (C=O) groups is 1. The van der Waals surface area contributed by atoms with Crippen molar-refractivity contribution in [2.24, 2.45) is 5.92 Å². The van der Waals surface area contributed by atoms with E-state index in [4.69, 9.17) is 9.47 Å². The number of benzene rings is 3. The SMILES string of the molecule is O=C(O[C@H]1CN2CCC1CC2)C1(Nc2cccc(OCCCCCNC[C@H](O)c3ccc(O)c4[nH]c(=O)ccc34)c2)CCc2ccccc21. The highest BCUT2D eigenvalue weighted by atomic mass is 16.5. The lowest BCUT2D eigenvalue weighted by molar-refractivity contribution is -0.164. The number of nitrogens with zero attached hydrogens (tertiary/aromatic N) is 1. The fraction of sp³-hybridized carbons (Fsp3) is 0.436. The van der Waals surface area contributed by atoms with Crippen molar-refractivity contribution >= 4 is 22.6 Å². The molecular formula is C39H46N4O6. The predicted octanol–water partition coefficient (Wildman–Crippen LogP) is 5.00. The number of aryl methyl sites for hydroxylation is 1. The van der Waals surface area contributed by atoms with Crippen LogP contribution in [0.1, 0.15) is 61.3 Å². The minimum atomic E-state index is -0.934. The highest BCUT2D eigenvalue weighted by Crippen LogP contribution is 2.42. The maximum atomic E-state index is 14.1. The van der Waals surface area contributed by atoms with Crippen LogP contribution in [0.4, 0.5) is 5.69 Å². The van der Waals surface area contributed by atoms with Gasteiger partial charge >= 0.3 is 5.97 Å². The molecular weight excluding hydrogens is 620 g/mol. The number of H-pyrrole nitrogens is 1. The molecule has 4 aromatic rings. The van der Waals surface area contributed by atoms with Crippen LogP contribution in [0.5, 0.6) is 11.5 Å². The first-order valence-corrected chi connectivity index (χ1v) is 17.7. The summed E-state index contributed by atoms with van der Waals surface area (Å²) in [4.78, 5) is 30.8. The number of carbonyl (C=O) groups excluding carboxylic acids is 1. The first-order chi connectivity index (χ1) is 23.9. The van der Waals surface area contributed by atoms with Crippen molar-refractivity contribution in [2.75, 3.05) is 44.6 Å². The molecule has 3 atom stereocenters. The third-order valence-corrected chi connectivity index (χ3v) is 10.5. The number of phenols is 1. The largest absolute Gasteiger partial charge is 0.506 e. The number of aromatic hydroxyl groups is 1. The Morgan fingerprint density at radius 2 is 1.88 bits per heavy atom. The van der Waals surface area contributed by atoms with Crippen molar-refractivity contribution in [3.63, 3.8) is 0 Å². The summed E-state index contributed by atoms with van der Waals surface area (Å²) in [5, 5.41) is 28.4. The Labute approximate surface area is 286 Å². The summed E-state index contributed by atoms with van der Waals surface area (Å²) in [6.07, 6.45) is 5.57. The van der Waals surface area contributed by atoms with E-state index in [1.807, 2.05) is 36.4 Å². The highest BCUT2D eigenvalue weighted by Gasteiger charge is 2.49. The lowest BCUT2D eigenvalue weighted by Gasteiger charge is -2.45. The summed E-state index contributed by atoms with van der Waals surface area (Å²) in [5.41, 5.74) is 2.75. The zero-order valence-electron chi connectivity index (χ0n) is 27.8. The Bertz CT molecular complexity index is 1840. The zero-order valence-corrected chi connectivity index (χ0v) is 27.8. The summed E-state index contributed by atoms with van der Waals surface area (Å²) in [7, 11) is 0. The molecule has 3 fully saturated rings. The summed E-state index contributed by atoms with van der Waals surface area (Å²) >= 11 is 0. The molecule has 0 saturated carbocycles. The Kier molecular flexibility index (Phi) is 9.89. The monoisotopic (exact) mass is 666 g/mol. The number of aliphatic hydroxyl groups excluding tert-OH is 1. The summed E-state index contributed by atoms with van der Waals surface area (Å²) in [5.74, 6) is 0.990. The van der Waals surface area contributed by atoms with Gasteiger partial charge in [-0.1, -0.05) is 36.4 Å². The number of rotatable bonds is 14. The third-order valence-electron chi connectivity index (χ3n) is 10.5. The van der Waals surface area contributed by atoms with E-state index in [1.165, 1.54) is 17.7 Å². The number of piperidine rings is 3. The Morgan fingerprint density at radius 1 is 1.02 bits per heavy atom. The fourth-order valence-electron chi connectivity index (χ4n) is 7.81. The molecule has 4 aliphatic rings. The van der Waals surface area contributed by atoms with E-state index in [0.29, 0.717) is 42.0 Å². The fourth-order valence-corrected chi connectivity index (χ4v) is 7.81. The normalized spacial score (nSPS) is 23.2. The van der Waals surface area contributed by atoms with E-state index in [2.05, 4.69) is 32.7 Å². The molecule has 10 heteroatoms. The molecule has 1 unspecified atom stereocenters. The second-order valence-electron chi connectivity index (χ2n) is 13.7. The molecule has 258 valence electrons. The van der Waals surface area contributed by atoms with Gasteiger partial charge in [0.25, 0.3) is 0 Å². The number of aromatic nitrogens is 1. The zero-order chi connectivity index (χ0) is 33.8. The van der Waals surface area contributed by atoms with E-state index in [0.717, 1.165) is 81.7 Å². The molecule has 3 aromatic carbocycles. The molecule has 4 heterocycles. The number of ether oxygens (including phenoxy) is 2. The van der Waals surface area contributed by atoms with Crippen LogP contribution in [0, 0.1) is 5.92 Å². The molecule has 2 bridgehead atoms. The lowest BCUT2D eigenvalue weighted by Crippen LogP contribution is -2.54. The standard InChI is InChI=1S/C39H46N4O6/c44-33-13-11-30(31-12-14-36(46)41-37(31)33)34(45)24-40-19-4-1-5-22-48-29-9-6-8-28(23-29)42-39(18-15-26-7-2-3-10-32(26)39)38(47)49-35-25-43-20-16-27(35)17-21-43/h2-3,6-14,23,27,34-35,40,42,44-45H,1,4-5,15-22,24-25H2,(H,41,46)/t34-,35-,39?/m0/s1. The van der Waals surface area contributed by atoms with Crippen molar-refractivity contribution in [2.45, 2.75) is 62.7 Å². The topological polar surface area (TPSA) is 136 Å². The number of nitrogens with one attached hydrogen (secondary N) is 3. The van der Waals surface area contributed by atoms with Gasteiger partial charge in [-0.3, -0.25) is 9.69 Å². The number of anilines is 1. The maximum absolute atomic E-state index is 14.1. The molecule has 10 nitrogen and oxygen atoms in total. The molecule has 1 aliphatic carbocycles. The highest BCUT2D eigenvalue weighted by molar-refractivity contribution is 5.88. The summed E-state index contributed by atoms with van der Waals surface area (Å²) < 4.78 is 12.5. The maximum Gasteiger partial charge on any atom is 0.336 e. The average Bonchev–Trinajstić information content (AvgIpc) is 3.49. The van der Waals surface area contributed by atoms with Crippen LogP contribution in [-0.2, 0) is 21.5 Å². The molecule has 0 spiro atoms. The molecule has 3 aliphatic heterocycles. The molecule has 0 radical (unpaired) electrons. The number of esters is 1. The minimum absolute atomic E-state index is 0.0232. The van der Waals surface area contributed by atoms with Gasteiger partial charge in [0.2, 0.25) is 5.56 Å². The molecule has 3 saturated heterocycles. The van der Waals surface area contributed by atoms with Gasteiger partial charge in [0.15, 0.2) is 5.54 Å². The number of pyridine rings is 1. The third kappa shape index (κ3) is 7.18. The van der Waals surface area contributed by atoms with Crippen molar-refractivity contribution in [3.05, 3.63) is 99.8 Å². The van der Waals surface area contributed by atoms with Crippen LogP contribution >= 0.6 is 0 Å². The molecule has 49 heavy (non-hydrogen) atoms. The Balaban J connectivity index is 0.892.